The second-order valence-electron chi connectivity index (χ2n) is 5.49. The van der Waals surface area contributed by atoms with Crippen LogP contribution in [0.3, 0.4) is 0 Å². The minimum absolute atomic E-state index is 0. The molecule has 5 heteroatoms. The molecule has 3 nitrogen and oxygen atoms in total. The third-order valence-corrected chi connectivity index (χ3v) is 4.03. The molecule has 130 valence electrons. The Morgan fingerprint density at radius 3 is 2.44 bits per heavy atom. The molecule has 3 rings (SSSR count). The van der Waals surface area contributed by atoms with E-state index in [1.807, 2.05) is 48.5 Å². The van der Waals surface area contributed by atoms with Gasteiger partial charge in [-0.3, -0.25) is 4.98 Å². The SMILES string of the molecule is Cl.Clc1ccccc1COc1cccc(CNCc2ccncc2)c1. The monoisotopic (exact) mass is 374 g/mol. The third kappa shape index (κ3) is 6.05. The molecule has 0 saturated heterocycles. The standard InChI is InChI=1S/C20H19ClN2O.ClH/c21-20-7-2-1-5-18(20)15-24-19-6-3-4-17(12-19)14-23-13-16-8-10-22-11-9-16;/h1-12,23H,13-15H2;1H. The van der Waals surface area contributed by atoms with Crippen LogP contribution in [-0.2, 0) is 19.7 Å². The molecule has 1 aromatic heterocycles. The molecule has 0 atom stereocenters. The molecule has 0 aliphatic heterocycles. The Morgan fingerprint density at radius 2 is 1.64 bits per heavy atom. The number of aromatic nitrogens is 1. The summed E-state index contributed by atoms with van der Waals surface area (Å²) >= 11 is 6.15. The van der Waals surface area contributed by atoms with E-state index in [-0.39, 0.29) is 12.4 Å². The molecule has 1 N–H and O–H groups in total. The highest BCUT2D eigenvalue weighted by molar-refractivity contribution is 6.31. The molecule has 0 bridgehead atoms. The van der Waals surface area contributed by atoms with Crippen molar-refractivity contribution in [2.45, 2.75) is 19.7 Å². The number of pyridine rings is 1. The van der Waals surface area contributed by atoms with Crippen molar-refractivity contribution in [1.29, 1.82) is 0 Å². The smallest absolute Gasteiger partial charge is 0.120 e. The molecule has 25 heavy (non-hydrogen) atoms. The van der Waals surface area contributed by atoms with Crippen molar-refractivity contribution in [3.63, 3.8) is 0 Å². The van der Waals surface area contributed by atoms with Crippen LogP contribution in [0.15, 0.2) is 73.1 Å². The van der Waals surface area contributed by atoms with Gasteiger partial charge in [-0.2, -0.15) is 0 Å². The van der Waals surface area contributed by atoms with Crippen LogP contribution in [0.5, 0.6) is 5.75 Å². The van der Waals surface area contributed by atoms with E-state index in [0.29, 0.717) is 6.61 Å². The molecule has 0 spiro atoms. The van der Waals surface area contributed by atoms with E-state index in [2.05, 4.69) is 22.4 Å². The number of nitrogens with one attached hydrogen (secondary N) is 1. The molecule has 1 heterocycles. The molecule has 2 aromatic carbocycles. The van der Waals surface area contributed by atoms with E-state index >= 15 is 0 Å². The van der Waals surface area contributed by atoms with Gasteiger partial charge in [0, 0.05) is 36.1 Å². The van der Waals surface area contributed by atoms with Gasteiger partial charge >= 0.3 is 0 Å². The average molecular weight is 375 g/mol. The van der Waals surface area contributed by atoms with Gasteiger partial charge in [-0.15, -0.1) is 12.4 Å². The fourth-order valence-corrected chi connectivity index (χ4v) is 2.56. The molecule has 0 unspecified atom stereocenters. The first-order chi connectivity index (χ1) is 11.8. The lowest BCUT2D eigenvalue weighted by Crippen LogP contribution is -2.12. The van der Waals surface area contributed by atoms with Crippen LogP contribution in [0.4, 0.5) is 0 Å². The maximum Gasteiger partial charge on any atom is 0.120 e. The molecular formula is C20H20Cl2N2O. The van der Waals surface area contributed by atoms with Gasteiger partial charge in [0.2, 0.25) is 0 Å². The Bertz CT molecular complexity index is 781. The summed E-state index contributed by atoms with van der Waals surface area (Å²) in [6.45, 7) is 2.06. The fraction of sp³-hybridized carbons (Fsp3) is 0.150. The Balaban J connectivity index is 0.00000225. The number of hydrogen-bond acceptors (Lipinski definition) is 3. The summed E-state index contributed by atoms with van der Waals surface area (Å²) in [5, 5.41) is 4.15. The average Bonchev–Trinajstić information content (AvgIpc) is 2.62. The zero-order valence-electron chi connectivity index (χ0n) is 13.7. The Hall–Kier alpha value is -2.07. The van der Waals surface area contributed by atoms with Crippen LogP contribution in [0, 0.1) is 0 Å². The van der Waals surface area contributed by atoms with Crippen LogP contribution in [0.1, 0.15) is 16.7 Å². The molecular weight excluding hydrogens is 355 g/mol. The Morgan fingerprint density at radius 1 is 0.880 bits per heavy atom. The minimum atomic E-state index is 0. The van der Waals surface area contributed by atoms with Gasteiger partial charge in [-0.05, 0) is 41.5 Å². The number of ether oxygens (including phenoxy) is 1. The van der Waals surface area contributed by atoms with Crippen molar-refractivity contribution in [3.8, 4) is 5.75 Å². The zero-order chi connectivity index (χ0) is 16.6. The largest absolute Gasteiger partial charge is 0.489 e. The lowest BCUT2D eigenvalue weighted by atomic mass is 10.2. The summed E-state index contributed by atoms with van der Waals surface area (Å²) in [6, 6.07) is 19.9. The third-order valence-electron chi connectivity index (χ3n) is 3.66. The van der Waals surface area contributed by atoms with Crippen molar-refractivity contribution in [2.75, 3.05) is 0 Å². The Kier molecular flexibility index (Phi) is 7.74. The maximum absolute atomic E-state index is 6.15. The van der Waals surface area contributed by atoms with Crippen LogP contribution < -0.4 is 10.1 Å². The molecule has 0 aliphatic rings. The first-order valence-corrected chi connectivity index (χ1v) is 8.24. The lowest BCUT2D eigenvalue weighted by Gasteiger charge is -2.10. The first kappa shape index (κ1) is 19.3. The van der Waals surface area contributed by atoms with Gasteiger partial charge in [-0.25, -0.2) is 0 Å². The zero-order valence-corrected chi connectivity index (χ0v) is 15.3. The number of rotatable bonds is 7. The van der Waals surface area contributed by atoms with E-state index in [0.717, 1.165) is 29.4 Å². The number of halogens is 2. The maximum atomic E-state index is 6.15. The number of nitrogens with zero attached hydrogens (tertiary/aromatic N) is 1. The summed E-state index contributed by atoms with van der Waals surface area (Å²) < 4.78 is 5.86. The topological polar surface area (TPSA) is 34.1 Å². The van der Waals surface area contributed by atoms with E-state index in [4.69, 9.17) is 16.3 Å². The van der Waals surface area contributed by atoms with Gasteiger partial charge in [-0.1, -0.05) is 41.9 Å². The lowest BCUT2D eigenvalue weighted by molar-refractivity contribution is 0.306. The molecule has 0 aliphatic carbocycles. The highest BCUT2D eigenvalue weighted by atomic mass is 35.5. The van der Waals surface area contributed by atoms with Crippen molar-refractivity contribution < 1.29 is 4.74 Å². The van der Waals surface area contributed by atoms with Crippen molar-refractivity contribution >= 4 is 24.0 Å². The molecule has 0 saturated carbocycles. The van der Waals surface area contributed by atoms with Crippen LogP contribution in [0.2, 0.25) is 5.02 Å². The van der Waals surface area contributed by atoms with Crippen molar-refractivity contribution in [2.24, 2.45) is 0 Å². The summed E-state index contributed by atoms with van der Waals surface area (Å²) in [5.74, 6) is 0.845. The fourth-order valence-electron chi connectivity index (χ4n) is 2.37. The van der Waals surface area contributed by atoms with Crippen LogP contribution in [0.25, 0.3) is 0 Å². The summed E-state index contributed by atoms with van der Waals surface area (Å²) in [7, 11) is 0. The van der Waals surface area contributed by atoms with E-state index in [1.54, 1.807) is 12.4 Å². The minimum Gasteiger partial charge on any atom is -0.489 e. The quantitative estimate of drug-likeness (QED) is 0.629. The predicted molar refractivity (Wildman–Crippen MR) is 104 cm³/mol. The van der Waals surface area contributed by atoms with E-state index < -0.39 is 0 Å². The molecule has 0 fully saturated rings. The van der Waals surface area contributed by atoms with Gasteiger partial charge in [0.15, 0.2) is 0 Å². The van der Waals surface area contributed by atoms with Crippen LogP contribution >= 0.6 is 24.0 Å². The molecule has 3 aromatic rings. The van der Waals surface area contributed by atoms with Gasteiger partial charge in [0.1, 0.15) is 12.4 Å². The van der Waals surface area contributed by atoms with Crippen molar-refractivity contribution in [1.82, 2.24) is 10.3 Å². The summed E-state index contributed by atoms with van der Waals surface area (Å²) in [6.07, 6.45) is 3.61. The molecule has 0 amide bonds. The highest BCUT2D eigenvalue weighted by Gasteiger charge is 2.02. The normalized spacial score (nSPS) is 10.1. The van der Waals surface area contributed by atoms with Gasteiger partial charge < -0.3 is 10.1 Å². The second kappa shape index (κ2) is 10.0. The van der Waals surface area contributed by atoms with Gasteiger partial charge in [0.05, 0.1) is 0 Å². The number of hydrogen-bond donors (Lipinski definition) is 1. The summed E-state index contributed by atoms with van der Waals surface area (Å²) in [4.78, 5) is 4.02. The second-order valence-corrected chi connectivity index (χ2v) is 5.89. The van der Waals surface area contributed by atoms with E-state index in [9.17, 15) is 0 Å². The van der Waals surface area contributed by atoms with Crippen molar-refractivity contribution in [3.05, 3.63) is 94.8 Å². The highest BCUT2D eigenvalue weighted by Crippen LogP contribution is 2.19. The first-order valence-electron chi connectivity index (χ1n) is 7.86. The predicted octanol–water partition coefficient (Wildman–Crippen LogP) is 5.03. The van der Waals surface area contributed by atoms with Gasteiger partial charge in [0.25, 0.3) is 0 Å². The summed E-state index contributed by atoms with van der Waals surface area (Å²) in [5.41, 5.74) is 3.39. The number of benzene rings is 2. The Labute approximate surface area is 159 Å². The molecule has 0 radical (unpaired) electrons. The van der Waals surface area contributed by atoms with Crippen LogP contribution in [-0.4, -0.2) is 4.98 Å². The van der Waals surface area contributed by atoms with E-state index in [1.165, 1.54) is 11.1 Å².